The molecule has 164 valence electrons. The molecule has 3 heterocycles. The highest BCUT2D eigenvalue weighted by Gasteiger charge is 2.50. The summed E-state index contributed by atoms with van der Waals surface area (Å²) in [4.78, 5) is 24.5. The number of carbonyl (C=O) groups excluding carboxylic acids is 1. The number of aliphatic hydroxyl groups is 2. The molecule has 1 fully saturated rings. The smallest absolute Gasteiger partial charge is 0.394 e. The third kappa shape index (κ3) is 4.20. The summed E-state index contributed by atoms with van der Waals surface area (Å²) < 4.78 is 49.1. The first-order chi connectivity index (χ1) is 14.8. The van der Waals surface area contributed by atoms with Gasteiger partial charge in [-0.25, -0.2) is 15.0 Å². The van der Waals surface area contributed by atoms with Crippen molar-refractivity contribution in [3.63, 3.8) is 0 Å². The zero-order valence-electron chi connectivity index (χ0n) is 15.6. The Morgan fingerprint density at radius 2 is 1.97 bits per heavy atom. The number of alkyl halides is 3. The number of fused-ring (bicyclic) bond motifs is 1. The quantitative estimate of drug-likeness (QED) is 0.541. The average Bonchev–Trinajstić information content (AvgIpc) is 3.30. The van der Waals surface area contributed by atoms with E-state index in [1.54, 1.807) is 30.3 Å². The molecule has 3 N–H and O–H groups in total. The van der Waals surface area contributed by atoms with Crippen LogP contribution in [0, 0.1) is 0 Å². The molecule has 10 nitrogen and oxygen atoms in total. The van der Waals surface area contributed by atoms with Crippen LogP contribution in [0.25, 0.3) is 11.2 Å². The van der Waals surface area contributed by atoms with Crippen molar-refractivity contribution in [1.82, 2.24) is 19.5 Å². The molecule has 0 bridgehead atoms. The van der Waals surface area contributed by atoms with E-state index in [0.717, 1.165) is 17.2 Å². The second-order valence-corrected chi connectivity index (χ2v) is 6.63. The number of hydrogen-bond acceptors (Lipinski definition) is 8. The highest BCUT2D eigenvalue weighted by atomic mass is 19.4. The maximum Gasteiger partial charge on any atom is 0.523 e. The molecule has 0 saturated carbocycles. The van der Waals surface area contributed by atoms with Crippen LogP contribution < -0.4 is 5.32 Å². The Labute approximate surface area is 172 Å². The largest absolute Gasteiger partial charge is 0.523 e. The van der Waals surface area contributed by atoms with Gasteiger partial charge in [-0.3, -0.25) is 14.1 Å². The van der Waals surface area contributed by atoms with E-state index in [1.807, 2.05) is 0 Å². The molecule has 0 aliphatic carbocycles. The number of anilines is 1. The van der Waals surface area contributed by atoms with Gasteiger partial charge in [0, 0.05) is 5.56 Å². The van der Waals surface area contributed by atoms with E-state index >= 15 is 0 Å². The molecule has 0 unspecified atom stereocenters. The van der Waals surface area contributed by atoms with Crippen LogP contribution in [0.2, 0.25) is 0 Å². The van der Waals surface area contributed by atoms with Gasteiger partial charge in [0.25, 0.3) is 5.91 Å². The number of imidazole rings is 1. The standard InChI is InChI=1S/C18H16F3N5O5/c19-18(20,21)31-13-12(28)10(6-27)30-17(13)26-8-24-11-14(22-7-23-15(11)26)25-16(29)9-4-2-1-3-5-9/h1-5,7-8,10,12-13,17,27-28H,6H2,(H,22,23,25,29)/t10-,12-,13-,17-/m1/s1. The number of aliphatic hydroxyl groups excluding tert-OH is 2. The molecule has 0 spiro atoms. The van der Waals surface area contributed by atoms with Gasteiger partial charge >= 0.3 is 6.36 Å². The monoisotopic (exact) mass is 439 g/mol. The first-order valence-electron chi connectivity index (χ1n) is 9.01. The molecule has 1 saturated heterocycles. The number of amides is 1. The van der Waals surface area contributed by atoms with Gasteiger partial charge < -0.3 is 20.3 Å². The topological polar surface area (TPSA) is 132 Å². The summed E-state index contributed by atoms with van der Waals surface area (Å²) in [5.74, 6) is -0.440. The van der Waals surface area contributed by atoms with Crippen molar-refractivity contribution in [3.8, 4) is 0 Å². The van der Waals surface area contributed by atoms with Crippen molar-refractivity contribution in [2.24, 2.45) is 0 Å². The summed E-state index contributed by atoms with van der Waals surface area (Å²) >= 11 is 0. The normalized spacial score (nSPS) is 23.9. The van der Waals surface area contributed by atoms with E-state index in [4.69, 9.17) is 4.74 Å². The SMILES string of the molecule is O=C(Nc1ncnc2c1ncn2[C@@H]1O[C@H](CO)[C@@H](O)[C@H]1OC(F)(F)F)c1ccccc1. The van der Waals surface area contributed by atoms with Gasteiger partial charge in [-0.1, -0.05) is 18.2 Å². The Balaban J connectivity index is 1.67. The van der Waals surface area contributed by atoms with E-state index < -0.39 is 43.4 Å². The molecule has 1 aliphatic rings. The van der Waals surface area contributed by atoms with Gasteiger partial charge in [-0.2, -0.15) is 0 Å². The molecule has 1 aromatic carbocycles. The third-order valence-corrected chi connectivity index (χ3v) is 4.66. The predicted octanol–water partition coefficient (Wildman–Crippen LogP) is 1.23. The van der Waals surface area contributed by atoms with Crippen molar-refractivity contribution < 1.29 is 37.7 Å². The highest BCUT2D eigenvalue weighted by Crippen LogP contribution is 2.37. The van der Waals surface area contributed by atoms with E-state index in [1.165, 1.54) is 0 Å². The van der Waals surface area contributed by atoms with E-state index in [-0.39, 0.29) is 17.0 Å². The Hall–Kier alpha value is -3.13. The number of carbonyl (C=O) groups is 1. The molecule has 4 rings (SSSR count). The summed E-state index contributed by atoms with van der Waals surface area (Å²) in [5, 5.41) is 22.0. The van der Waals surface area contributed by atoms with E-state index in [2.05, 4.69) is 25.0 Å². The molecular weight excluding hydrogens is 423 g/mol. The zero-order valence-corrected chi connectivity index (χ0v) is 15.6. The molecule has 2 aromatic heterocycles. The lowest BCUT2D eigenvalue weighted by molar-refractivity contribution is -0.355. The van der Waals surface area contributed by atoms with E-state index in [9.17, 15) is 28.2 Å². The minimum Gasteiger partial charge on any atom is -0.394 e. The predicted molar refractivity (Wildman–Crippen MR) is 97.6 cm³/mol. The van der Waals surface area contributed by atoms with Crippen molar-refractivity contribution >= 4 is 22.9 Å². The van der Waals surface area contributed by atoms with Crippen LogP contribution in [-0.4, -0.2) is 66.9 Å². The van der Waals surface area contributed by atoms with Crippen molar-refractivity contribution in [2.75, 3.05) is 11.9 Å². The fraction of sp³-hybridized carbons (Fsp3) is 0.333. The number of benzene rings is 1. The first kappa shape index (κ1) is 21.1. The number of aromatic nitrogens is 4. The van der Waals surface area contributed by atoms with E-state index in [0.29, 0.717) is 5.56 Å². The number of halogens is 3. The number of nitrogens with one attached hydrogen (secondary N) is 1. The van der Waals surface area contributed by atoms with Gasteiger partial charge in [-0.15, -0.1) is 13.2 Å². The van der Waals surface area contributed by atoms with Gasteiger partial charge in [0.1, 0.15) is 24.6 Å². The van der Waals surface area contributed by atoms with Crippen LogP contribution in [0.5, 0.6) is 0 Å². The Morgan fingerprint density at radius 3 is 2.65 bits per heavy atom. The van der Waals surface area contributed by atoms with Crippen molar-refractivity contribution in [2.45, 2.75) is 30.9 Å². The summed E-state index contributed by atoms with van der Waals surface area (Å²) in [6.07, 6.45) is -9.28. The van der Waals surface area contributed by atoms with Crippen molar-refractivity contribution in [1.29, 1.82) is 0 Å². The summed E-state index contributed by atoms with van der Waals surface area (Å²) in [6.45, 7) is -0.727. The van der Waals surface area contributed by atoms with Crippen molar-refractivity contribution in [3.05, 3.63) is 48.5 Å². The fourth-order valence-electron chi connectivity index (χ4n) is 3.27. The number of ether oxygens (including phenoxy) is 2. The Kier molecular flexibility index (Phi) is 5.58. The zero-order chi connectivity index (χ0) is 22.2. The number of rotatable bonds is 5. The lowest BCUT2D eigenvalue weighted by Gasteiger charge is -2.22. The highest BCUT2D eigenvalue weighted by molar-refractivity contribution is 6.06. The van der Waals surface area contributed by atoms with Crippen LogP contribution in [0.15, 0.2) is 43.0 Å². The first-order valence-corrected chi connectivity index (χ1v) is 9.01. The van der Waals surface area contributed by atoms with Gasteiger partial charge in [-0.05, 0) is 12.1 Å². The lowest BCUT2D eigenvalue weighted by Crippen LogP contribution is -2.39. The molecule has 3 aromatic rings. The van der Waals surface area contributed by atoms with Crippen LogP contribution in [-0.2, 0) is 9.47 Å². The van der Waals surface area contributed by atoms with Crippen LogP contribution in [0.1, 0.15) is 16.6 Å². The molecule has 4 atom stereocenters. The molecular formula is C18H16F3N5O5. The lowest BCUT2D eigenvalue weighted by atomic mass is 10.1. The summed E-state index contributed by atoms with van der Waals surface area (Å²) in [7, 11) is 0. The Bertz CT molecular complexity index is 1080. The van der Waals surface area contributed by atoms with Gasteiger partial charge in [0.05, 0.1) is 12.9 Å². The van der Waals surface area contributed by atoms with Gasteiger partial charge in [0.15, 0.2) is 23.2 Å². The van der Waals surface area contributed by atoms with Crippen LogP contribution in [0.4, 0.5) is 19.0 Å². The fourth-order valence-corrected chi connectivity index (χ4v) is 3.27. The molecule has 1 aliphatic heterocycles. The number of nitrogens with zero attached hydrogens (tertiary/aromatic N) is 4. The maximum atomic E-state index is 12.9. The maximum absolute atomic E-state index is 12.9. The second kappa shape index (κ2) is 8.19. The minimum atomic E-state index is -5.06. The molecule has 1 amide bonds. The molecule has 13 heteroatoms. The van der Waals surface area contributed by atoms with Gasteiger partial charge in [0.2, 0.25) is 0 Å². The molecule has 31 heavy (non-hydrogen) atoms. The number of hydrogen-bond donors (Lipinski definition) is 3. The average molecular weight is 439 g/mol. The molecule has 0 radical (unpaired) electrons. The summed E-state index contributed by atoms with van der Waals surface area (Å²) in [6, 6.07) is 8.29. The Morgan fingerprint density at radius 1 is 1.23 bits per heavy atom. The third-order valence-electron chi connectivity index (χ3n) is 4.66. The minimum absolute atomic E-state index is 0.0307. The van der Waals surface area contributed by atoms with Crippen LogP contribution in [0.3, 0.4) is 0 Å². The second-order valence-electron chi connectivity index (χ2n) is 6.63. The van der Waals surface area contributed by atoms with Crippen LogP contribution >= 0.6 is 0 Å². The summed E-state index contributed by atoms with van der Waals surface area (Å²) in [5.41, 5.74) is 0.480.